The smallest absolute Gasteiger partial charge is 0.409 e. The Labute approximate surface area is 496 Å². The van der Waals surface area contributed by atoms with E-state index in [0.717, 1.165) is 38.9 Å². The number of methoxy groups -OCH3 is 2. The molecule has 2 aromatic carbocycles. The first-order valence-electron chi connectivity index (χ1n) is 28.3. The fourth-order valence-corrected chi connectivity index (χ4v) is 12.2. The number of Topliss-reactive ketones (excluding diaryl/α,β-unsaturated/α-hetero) is 1. The Morgan fingerprint density at radius 1 is 1.05 bits per heavy atom. The Morgan fingerprint density at radius 3 is 2.45 bits per heavy atom. The molecule has 25 heteroatoms. The minimum atomic E-state index is -4.27. The number of alkyl carbamates (subject to hydrolysis) is 1. The number of nitrogens with zero attached hydrogens (tertiary/aromatic N) is 4. The molecule has 0 radical (unpaired) electrons. The van der Waals surface area contributed by atoms with E-state index in [2.05, 4.69) is 33.1 Å². The van der Waals surface area contributed by atoms with Gasteiger partial charge in [-0.25, -0.2) is 9.46 Å². The van der Waals surface area contributed by atoms with E-state index in [4.69, 9.17) is 44.8 Å². The van der Waals surface area contributed by atoms with Gasteiger partial charge in [-0.05, 0) is 89.5 Å². The molecule has 2 saturated heterocycles. The summed E-state index contributed by atoms with van der Waals surface area (Å²) in [5.41, 5.74) is 0.751. The van der Waals surface area contributed by atoms with Gasteiger partial charge in [0.2, 0.25) is 11.8 Å². The lowest BCUT2D eigenvalue weighted by molar-refractivity contribution is -0.157. The Bertz CT molecular complexity index is 2940. The number of carbonyl (C=O) groups excluding carboxylic acids is 5. The Hall–Kier alpha value is -5.72. The summed E-state index contributed by atoms with van der Waals surface area (Å²) in [4.78, 5) is 94.4. The van der Waals surface area contributed by atoms with Gasteiger partial charge >= 0.3 is 18.0 Å². The predicted molar refractivity (Wildman–Crippen MR) is 314 cm³/mol. The van der Waals surface area contributed by atoms with E-state index in [1.807, 2.05) is 44.3 Å². The molecule has 0 saturated carbocycles. The largest absolute Gasteiger partial charge is 0.495 e. The maximum atomic E-state index is 14.4. The van der Waals surface area contributed by atoms with E-state index in [1.165, 1.54) is 40.1 Å². The molecule has 5 N–H and O–H groups in total. The van der Waals surface area contributed by atoms with Crippen molar-refractivity contribution in [2.45, 2.75) is 134 Å². The topological polar surface area (TPSA) is 287 Å². The summed E-state index contributed by atoms with van der Waals surface area (Å²) in [6.45, 7) is 10.7. The highest BCUT2D eigenvalue weighted by Gasteiger charge is 2.64. The van der Waals surface area contributed by atoms with Gasteiger partial charge in [-0.1, -0.05) is 67.4 Å². The van der Waals surface area contributed by atoms with Gasteiger partial charge < -0.3 is 67.9 Å². The van der Waals surface area contributed by atoms with Gasteiger partial charge in [0, 0.05) is 82.5 Å². The number of anilines is 1. The van der Waals surface area contributed by atoms with Crippen LogP contribution in [0.5, 0.6) is 5.75 Å². The van der Waals surface area contributed by atoms with Crippen LogP contribution in [0.2, 0.25) is 5.02 Å². The van der Waals surface area contributed by atoms with Crippen LogP contribution in [-0.4, -0.2) is 188 Å². The lowest BCUT2D eigenvalue weighted by Gasteiger charge is -2.42. The van der Waals surface area contributed by atoms with E-state index < -0.39 is 97.4 Å². The molecule has 3 aromatic rings. The number of carboxylic acids is 1. The van der Waals surface area contributed by atoms with E-state index in [9.17, 15) is 48.4 Å². The number of carbonyl (C=O) groups is 6. The van der Waals surface area contributed by atoms with Gasteiger partial charge in [0.25, 0.3) is 7.52 Å². The average Bonchev–Trinajstić information content (AvgIpc) is 1.69. The van der Waals surface area contributed by atoms with Crippen LogP contribution in [0.15, 0.2) is 66.3 Å². The number of aryl methyl sites for hydroxylation is 1. The van der Waals surface area contributed by atoms with E-state index in [1.54, 1.807) is 38.1 Å². The first kappa shape index (κ1) is 67.4. The number of hydrogen-bond acceptors (Lipinski definition) is 16. The lowest BCUT2D eigenvalue weighted by atomic mass is 9.83. The predicted octanol–water partition coefficient (Wildman–Crippen LogP) is 6.26. The van der Waals surface area contributed by atoms with Crippen molar-refractivity contribution in [1.82, 2.24) is 24.8 Å². The highest BCUT2D eigenvalue weighted by Crippen LogP contribution is 2.50. The van der Waals surface area contributed by atoms with Crippen LogP contribution < -0.4 is 20.3 Å². The van der Waals surface area contributed by atoms with Crippen LogP contribution in [0.25, 0.3) is 10.9 Å². The highest BCUT2D eigenvalue weighted by molar-refractivity contribution is 7.55. The third-order valence-electron chi connectivity index (χ3n) is 16.1. The number of aromatic nitrogens is 1. The van der Waals surface area contributed by atoms with Crippen molar-refractivity contribution in [2.24, 2.45) is 11.8 Å². The van der Waals surface area contributed by atoms with Gasteiger partial charge in [0.1, 0.15) is 46.5 Å². The van der Waals surface area contributed by atoms with Gasteiger partial charge in [-0.2, -0.15) is 0 Å². The minimum Gasteiger partial charge on any atom is -0.495 e. The number of nitrogens with one attached hydrogen (secondary N) is 2. The zero-order chi connectivity index (χ0) is 61.7. The van der Waals surface area contributed by atoms with Gasteiger partial charge in [0.15, 0.2) is 5.72 Å². The van der Waals surface area contributed by atoms with E-state index >= 15 is 0 Å². The molecular formula is C59H84ClN6O17P. The quantitative estimate of drug-likeness (QED) is 0.0244. The highest BCUT2D eigenvalue weighted by atomic mass is 35.5. The molecule has 6 rings (SSSR count). The summed E-state index contributed by atoms with van der Waals surface area (Å²) in [5.74, 6) is -4.34. The number of ether oxygens (including phenoxy) is 7. The maximum Gasteiger partial charge on any atom is 0.409 e. The molecule has 2 fully saturated rings. The van der Waals surface area contributed by atoms with Gasteiger partial charge in [-0.3, -0.25) is 33.9 Å². The standard InChI is InChI=1S/C59H84ClN6O17P/c1-11-63(6)36-43-32-41-16-12-13-17-45(41)66(43)23-21-44(67)33-42(19-20-52(69)70)55(71)61-22-24-79-25-26-80-27-28-84(75,76)65(8)39(4)56(72)82-50-34-51(68)64(7)46-30-40(31-47(77-9)53(46)60)29-37(2)15-14-18-49(78-10)59(74)35-48(81-57(73)62-59)38(3)54-58(50,5)83-54/h12-18,30-32,38-39,42,48-50,54,74H,11,19-29,33-36H2,1-10H3,(H,61,71)(H,62,73)(H,69,70)(H,75,76)/b18-14+,37-15+/t38-,39+,42-,48+,49-,50+,54+,58-,59+/m1/s1. The number of hydrogen-bond donors (Lipinski definition) is 5. The molecular weight excluding hydrogens is 1130 g/mol. The fraction of sp³-hybridized carbons (Fsp3) is 0.593. The van der Waals surface area contributed by atoms with Crippen molar-refractivity contribution in [1.29, 1.82) is 0 Å². The molecule has 464 valence electrons. The molecule has 4 heterocycles. The second kappa shape index (κ2) is 30.1. The number of ketones is 1. The monoisotopic (exact) mass is 1210 g/mol. The number of rotatable bonds is 27. The number of aliphatic hydroxyl groups is 1. The number of aliphatic carboxylic acids is 1. The molecule has 4 bridgehead atoms. The number of benzene rings is 2. The maximum absolute atomic E-state index is 14.4. The summed E-state index contributed by atoms with van der Waals surface area (Å²) in [5, 5.41) is 27.7. The number of para-hydroxylation sites is 1. The molecule has 0 spiro atoms. The third kappa shape index (κ3) is 17.5. The molecule has 23 nitrogen and oxygen atoms in total. The van der Waals surface area contributed by atoms with Crippen LogP contribution >= 0.6 is 19.1 Å². The molecule has 3 aliphatic heterocycles. The Balaban J connectivity index is 1.02. The van der Waals surface area contributed by atoms with Crippen LogP contribution in [0.1, 0.15) is 84.4 Å². The van der Waals surface area contributed by atoms with Gasteiger partial charge in [0.05, 0.1) is 57.9 Å². The fourth-order valence-electron chi connectivity index (χ4n) is 10.6. The molecule has 84 heavy (non-hydrogen) atoms. The molecule has 1 aromatic heterocycles. The lowest BCUT2D eigenvalue weighted by Crippen LogP contribution is -2.63. The van der Waals surface area contributed by atoms with Crippen molar-refractivity contribution < 1.29 is 81.6 Å². The summed E-state index contributed by atoms with van der Waals surface area (Å²) in [6.07, 6.45) is -0.560. The number of amides is 3. The number of fused-ring (bicyclic) bond motifs is 6. The Morgan fingerprint density at radius 2 is 1.76 bits per heavy atom. The van der Waals surface area contributed by atoms with Crippen LogP contribution in [0.3, 0.4) is 0 Å². The summed E-state index contributed by atoms with van der Waals surface area (Å²) in [6, 6.07) is 12.2. The third-order valence-corrected chi connectivity index (χ3v) is 18.6. The normalized spacial score (nSPS) is 25.3. The van der Waals surface area contributed by atoms with Crippen molar-refractivity contribution in [3.8, 4) is 5.75 Å². The number of halogens is 1. The molecule has 3 aliphatic rings. The second-order valence-electron chi connectivity index (χ2n) is 22.2. The van der Waals surface area contributed by atoms with Crippen molar-refractivity contribution >= 4 is 71.3 Å². The first-order valence-corrected chi connectivity index (χ1v) is 30.5. The molecule has 1 unspecified atom stereocenters. The van der Waals surface area contributed by atoms with Gasteiger partial charge in [-0.15, -0.1) is 0 Å². The van der Waals surface area contributed by atoms with Crippen molar-refractivity contribution in [3.63, 3.8) is 0 Å². The number of allylic oxidation sites excluding steroid dienone is 3. The Kier molecular flexibility index (Phi) is 24.1. The van der Waals surface area contributed by atoms with Crippen LogP contribution in [-0.2, 0) is 76.5 Å². The SMILES string of the molecule is CCN(C)Cc1cc2ccccc2n1CCC(=O)C[C@@H](CCC(=O)O)C(=O)NCCOCCOCCP(=O)(O)N(C)[C@@H](C)C(=O)O[C@H]1CC(=O)N(C)c2cc(cc(OC)c2Cl)C/C(C)=C/C=C/[C@@H](OC)[C@@]2(O)C[C@H](OC(=O)N2)[C@@H](C)[C@@H]2O[C@]12C. The summed E-state index contributed by atoms with van der Waals surface area (Å²) < 4.78 is 57.5. The minimum absolute atomic E-state index is 0.0130. The zero-order valence-electron chi connectivity index (χ0n) is 49.8. The average molecular weight is 1220 g/mol. The van der Waals surface area contributed by atoms with E-state index in [-0.39, 0.29) is 82.0 Å². The summed E-state index contributed by atoms with van der Waals surface area (Å²) >= 11 is 6.82. The number of epoxide rings is 1. The van der Waals surface area contributed by atoms with Crippen LogP contribution in [0.4, 0.5) is 10.5 Å². The zero-order valence-corrected chi connectivity index (χ0v) is 51.5. The molecule has 10 atom stereocenters. The summed E-state index contributed by atoms with van der Waals surface area (Å²) in [7, 11) is 3.42. The molecule has 0 aliphatic carbocycles. The number of likely N-dealkylation sites (N-methyl/N-ethyl adjacent to an activating group) is 1. The second-order valence-corrected chi connectivity index (χ2v) is 25.0. The number of esters is 1. The van der Waals surface area contributed by atoms with Crippen LogP contribution in [0, 0.1) is 11.8 Å². The van der Waals surface area contributed by atoms with Crippen molar-refractivity contribution in [3.05, 3.63) is 82.5 Å². The first-order chi connectivity index (χ1) is 39.7. The molecule has 3 amide bonds. The van der Waals surface area contributed by atoms with Crippen molar-refractivity contribution in [2.75, 3.05) is 85.9 Å². The number of carboxylic acid groups (broad SMARTS) is 1. The van der Waals surface area contributed by atoms with E-state index in [0.29, 0.717) is 30.9 Å².